The Morgan fingerprint density at radius 3 is 2.69 bits per heavy atom. The highest BCUT2D eigenvalue weighted by Gasteiger charge is 1.85. The monoisotopic (exact) mass is 175 g/mol. The fraction of sp³-hybridized carbons (Fsp3) is 0.455. The molecule has 0 amide bonds. The molecule has 1 aromatic rings. The third-order valence-electron chi connectivity index (χ3n) is 1.75. The molecule has 0 bridgehead atoms. The third-order valence-corrected chi connectivity index (χ3v) is 1.75. The molecule has 0 aliphatic heterocycles. The number of benzene rings is 1. The van der Waals surface area contributed by atoms with Gasteiger partial charge < -0.3 is 0 Å². The van der Waals surface area contributed by atoms with E-state index in [4.69, 9.17) is 0 Å². The normalized spacial score (nSPS) is 10.8. The van der Waals surface area contributed by atoms with Crippen LogP contribution in [0.4, 0.5) is 5.69 Å². The Labute approximate surface area is 79.7 Å². The number of hydrogen-bond acceptors (Lipinski definition) is 2. The van der Waals surface area contributed by atoms with E-state index in [2.05, 4.69) is 23.2 Å². The molecule has 1 aromatic carbocycles. The first-order valence-corrected chi connectivity index (χ1v) is 4.77. The molecule has 2 nitrogen and oxygen atoms in total. The second kappa shape index (κ2) is 6.35. The van der Waals surface area contributed by atoms with Crippen LogP contribution in [0.25, 0.3) is 0 Å². The quantitative estimate of drug-likeness (QED) is 0.481. The molecule has 2 heteroatoms. The molecule has 0 unspecified atom stereocenters. The predicted molar refractivity (Wildman–Crippen MR) is 54.2 cm³/mol. The average Bonchev–Trinajstić information content (AvgIpc) is 2.19. The third kappa shape index (κ3) is 4.41. The zero-order valence-electron chi connectivity index (χ0n) is 8.03. The minimum absolute atomic E-state index is 0.840. The van der Waals surface area contributed by atoms with Crippen LogP contribution in [-0.4, -0.2) is 6.54 Å². The molecule has 0 fully saturated rings. The van der Waals surface area contributed by atoms with Gasteiger partial charge in [-0.2, -0.15) is 10.2 Å². The highest BCUT2D eigenvalue weighted by Crippen LogP contribution is 2.09. The summed E-state index contributed by atoms with van der Waals surface area (Å²) in [5.74, 6) is 0. The Balaban J connectivity index is 2.25. The summed E-state index contributed by atoms with van der Waals surface area (Å²) in [4.78, 5) is 0. The Hall–Kier alpha value is -1.18. The van der Waals surface area contributed by atoms with Crippen molar-refractivity contribution in [2.45, 2.75) is 26.2 Å². The lowest BCUT2D eigenvalue weighted by molar-refractivity contribution is 0.713. The second-order valence-corrected chi connectivity index (χ2v) is 2.93. The SMILES string of the molecule is CCCCC/N=N/c1cc[c]cc1. The number of hydrogen-bond donors (Lipinski definition) is 0. The lowest BCUT2D eigenvalue weighted by Crippen LogP contribution is -1.77. The summed E-state index contributed by atoms with van der Waals surface area (Å²) in [7, 11) is 0. The first kappa shape index (κ1) is 9.90. The maximum atomic E-state index is 4.09. The van der Waals surface area contributed by atoms with Crippen molar-refractivity contribution >= 4 is 5.69 Å². The van der Waals surface area contributed by atoms with Crippen molar-refractivity contribution in [2.24, 2.45) is 10.2 Å². The molecule has 0 N–H and O–H groups in total. The second-order valence-electron chi connectivity index (χ2n) is 2.93. The molecule has 0 spiro atoms. The van der Waals surface area contributed by atoms with E-state index in [9.17, 15) is 0 Å². The minimum Gasteiger partial charge on any atom is -0.189 e. The van der Waals surface area contributed by atoms with Crippen molar-refractivity contribution < 1.29 is 0 Å². The lowest BCUT2D eigenvalue weighted by Gasteiger charge is -1.91. The van der Waals surface area contributed by atoms with Crippen LogP contribution in [0.15, 0.2) is 34.5 Å². The van der Waals surface area contributed by atoms with E-state index in [1.165, 1.54) is 12.8 Å². The van der Waals surface area contributed by atoms with Gasteiger partial charge in [-0.3, -0.25) is 0 Å². The van der Waals surface area contributed by atoms with E-state index in [-0.39, 0.29) is 0 Å². The van der Waals surface area contributed by atoms with Gasteiger partial charge in [0.15, 0.2) is 0 Å². The molecule has 0 aliphatic carbocycles. The van der Waals surface area contributed by atoms with Crippen LogP contribution in [0.5, 0.6) is 0 Å². The molecule has 0 saturated heterocycles. The fourth-order valence-electron chi connectivity index (χ4n) is 1.01. The predicted octanol–water partition coefficient (Wildman–Crippen LogP) is 3.76. The van der Waals surface area contributed by atoms with Crippen molar-refractivity contribution in [1.29, 1.82) is 0 Å². The summed E-state index contributed by atoms with van der Waals surface area (Å²) in [6.07, 6.45) is 3.61. The van der Waals surface area contributed by atoms with E-state index < -0.39 is 0 Å². The molecule has 0 heterocycles. The molecule has 0 aliphatic rings. The average molecular weight is 175 g/mol. The van der Waals surface area contributed by atoms with Crippen LogP contribution < -0.4 is 0 Å². The molecule has 13 heavy (non-hydrogen) atoms. The summed E-state index contributed by atoms with van der Waals surface area (Å²) in [6.45, 7) is 3.02. The Morgan fingerprint density at radius 1 is 1.23 bits per heavy atom. The van der Waals surface area contributed by atoms with E-state index in [0.29, 0.717) is 0 Å². The Bertz CT molecular complexity index is 242. The van der Waals surface area contributed by atoms with Gasteiger partial charge in [-0.25, -0.2) is 0 Å². The topological polar surface area (TPSA) is 24.7 Å². The van der Waals surface area contributed by atoms with E-state index in [1.54, 1.807) is 0 Å². The summed E-state index contributed by atoms with van der Waals surface area (Å²) < 4.78 is 0. The zero-order chi connectivity index (χ0) is 9.36. The molecular weight excluding hydrogens is 160 g/mol. The van der Waals surface area contributed by atoms with Gasteiger partial charge >= 0.3 is 0 Å². The van der Waals surface area contributed by atoms with Crippen LogP contribution in [-0.2, 0) is 0 Å². The van der Waals surface area contributed by atoms with Crippen molar-refractivity contribution in [3.63, 3.8) is 0 Å². The van der Waals surface area contributed by atoms with Crippen LogP contribution in [0, 0.1) is 6.07 Å². The molecule has 0 saturated carbocycles. The highest BCUT2D eigenvalue weighted by atomic mass is 15.1. The van der Waals surface area contributed by atoms with Crippen molar-refractivity contribution in [3.8, 4) is 0 Å². The summed E-state index contributed by atoms with van der Waals surface area (Å²) in [5.41, 5.74) is 0.912. The zero-order valence-corrected chi connectivity index (χ0v) is 8.03. The minimum atomic E-state index is 0.840. The molecule has 1 radical (unpaired) electrons. The van der Waals surface area contributed by atoms with Crippen LogP contribution >= 0.6 is 0 Å². The van der Waals surface area contributed by atoms with Gasteiger partial charge in [0.2, 0.25) is 0 Å². The van der Waals surface area contributed by atoms with E-state index >= 15 is 0 Å². The summed E-state index contributed by atoms with van der Waals surface area (Å²) >= 11 is 0. The number of nitrogens with zero attached hydrogens (tertiary/aromatic N) is 2. The largest absolute Gasteiger partial charge is 0.189 e. The molecular formula is C11H15N2. The standard InChI is InChI=1S/C11H15N2/c1-2-3-7-10-12-13-11-8-5-4-6-9-11/h5-6,8-9H,2-3,7,10H2,1H3/b13-12+. The van der Waals surface area contributed by atoms with E-state index in [0.717, 1.165) is 18.7 Å². The Kier molecular flexibility index (Phi) is 4.84. The first-order valence-electron chi connectivity index (χ1n) is 4.77. The molecule has 1 rings (SSSR count). The van der Waals surface area contributed by atoms with Crippen LogP contribution in [0.3, 0.4) is 0 Å². The van der Waals surface area contributed by atoms with Crippen LogP contribution in [0.2, 0.25) is 0 Å². The molecule has 0 atom stereocenters. The molecule has 0 aromatic heterocycles. The number of rotatable bonds is 5. The summed E-state index contributed by atoms with van der Waals surface area (Å²) in [5, 5.41) is 8.17. The van der Waals surface area contributed by atoms with Gasteiger partial charge in [-0.05, 0) is 24.6 Å². The van der Waals surface area contributed by atoms with Gasteiger partial charge in [0.1, 0.15) is 0 Å². The van der Waals surface area contributed by atoms with Crippen molar-refractivity contribution in [2.75, 3.05) is 6.54 Å². The number of azo groups is 1. The van der Waals surface area contributed by atoms with Gasteiger partial charge in [-0.15, -0.1) is 0 Å². The highest BCUT2D eigenvalue weighted by molar-refractivity contribution is 5.34. The van der Waals surface area contributed by atoms with Crippen LogP contribution in [0.1, 0.15) is 26.2 Å². The summed E-state index contributed by atoms with van der Waals surface area (Å²) in [6, 6.07) is 10.4. The maximum absolute atomic E-state index is 4.09. The van der Waals surface area contributed by atoms with E-state index in [1.807, 2.05) is 24.3 Å². The fourth-order valence-corrected chi connectivity index (χ4v) is 1.01. The van der Waals surface area contributed by atoms with Crippen molar-refractivity contribution in [3.05, 3.63) is 30.3 Å². The van der Waals surface area contributed by atoms with Gasteiger partial charge in [0.05, 0.1) is 12.2 Å². The number of unbranched alkanes of at least 4 members (excludes halogenated alkanes) is 2. The van der Waals surface area contributed by atoms with Gasteiger partial charge in [0, 0.05) is 0 Å². The first-order chi connectivity index (χ1) is 6.43. The lowest BCUT2D eigenvalue weighted by atomic mass is 10.3. The molecule has 69 valence electrons. The van der Waals surface area contributed by atoms with Gasteiger partial charge in [-0.1, -0.05) is 31.9 Å². The Morgan fingerprint density at radius 2 is 2.00 bits per heavy atom. The van der Waals surface area contributed by atoms with Crippen molar-refractivity contribution in [1.82, 2.24) is 0 Å². The maximum Gasteiger partial charge on any atom is 0.0852 e. The smallest absolute Gasteiger partial charge is 0.0852 e. The van der Waals surface area contributed by atoms with Gasteiger partial charge in [0.25, 0.3) is 0 Å².